The summed E-state index contributed by atoms with van der Waals surface area (Å²) in [6, 6.07) is 14.2. The van der Waals surface area contributed by atoms with Crippen LogP contribution in [0.3, 0.4) is 0 Å². The third-order valence-corrected chi connectivity index (χ3v) is 3.34. The SMILES string of the molecule is Fc1cc(Br)ccc1OCc1coc(-c2ccccc2)n1. The number of benzene rings is 2. The Labute approximate surface area is 129 Å². The average Bonchev–Trinajstić information content (AvgIpc) is 2.96. The molecule has 0 saturated carbocycles. The average molecular weight is 348 g/mol. The van der Waals surface area contributed by atoms with Gasteiger partial charge in [0.1, 0.15) is 18.6 Å². The van der Waals surface area contributed by atoms with E-state index in [9.17, 15) is 4.39 Å². The van der Waals surface area contributed by atoms with E-state index in [0.717, 1.165) is 5.56 Å². The zero-order valence-corrected chi connectivity index (χ0v) is 12.5. The minimum Gasteiger partial charge on any atom is -0.484 e. The summed E-state index contributed by atoms with van der Waals surface area (Å²) in [4.78, 5) is 4.32. The smallest absolute Gasteiger partial charge is 0.226 e. The first-order chi connectivity index (χ1) is 10.2. The Bertz CT molecular complexity index is 743. The van der Waals surface area contributed by atoms with Gasteiger partial charge in [-0.05, 0) is 30.3 Å². The minimum absolute atomic E-state index is 0.148. The van der Waals surface area contributed by atoms with Gasteiger partial charge in [0.15, 0.2) is 11.6 Å². The van der Waals surface area contributed by atoms with Crippen LogP contribution in [0.4, 0.5) is 4.39 Å². The van der Waals surface area contributed by atoms with Crippen LogP contribution in [0, 0.1) is 5.82 Å². The highest BCUT2D eigenvalue weighted by atomic mass is 79.9. The molecule has 3 rings (SSSR count). The predicted octanol–water partition coefficient (Wildman–Crippen LogP) is 4.82. The fourth-order valence-corrected chi connectivity index (χ4v) is 2.16. The van der Waals surface area contributed by atoms with Crippen LogP contribution >= 0.6 is 15.9 Å². The van der Waals surface area contributed by atoms with E-state index in [-0.39, 0.29) is 12.4 Å². The van der Waals surface area contributed by atoms with Crippen LogP contribution < -0.4 is 4.74 Å². The van der Waals surface area contributed by atoms with E-state index in [1.54, 1.807) is 12.1 Å². The zero-order valence-electron chi connectivity index (χ0n) is 10.9. The van der Waals surface area contributed by atoms with Crippen molar-refractivity contribution in [1.82, 2.24) is 4.98 Å². The fraction of sp³-hybridized carbons (Fsp3) is 0.0625. The molecule has 0 fully saturated rings. The van der Waals surface area contributed by atoms with Crippen molar-refractivity contribution < 1.29 is 13.5 Å². The molecule has 0 aliphatic carbocycles. The lowest BCUT2D eigenvalue weighted by Gasteiger charge is -2.05. The number of halogens is 2. The van der Waals surface area contributed by atoms with Gasteiger partial charge >= 0.3 is 0 Å². The molecule has 0 bridgehead atoms. The number of aromatic nitrogens is 1. The van der Waals surface area contributed by atoms with Gasteiger partial charge < -0.3 is 9.15 Å². The Balaban J connectivity index is 1.70. The zero-order chi connectivity index (χ0) is 14.7. The third kappa shape index (κ3) is 3.31. The Kier molecular flexibility index (Phi) is 4.01. The predicted molar refractivity (Wildman–Crippen MR) is 80.4 cm³/mol. The van der Waals surface area contributed by atoms with Gasteiger partial charge in [0.05, 0.1) is 0 Å². The Morgan fingerprint density at radius 3 is 2.71 bits per heavy atom. The first-order valence-electron chi connectivity index (χ1n) is 6.30. The number of oxazole rings is 1. The van der Waals surface area contributed by atoms with Crippen LogP contribution in [0.5, 0.6) is 5.75 Å². The van der Waals surface area contributed by atoms with E-state index in [4.69, 9.17) is 9.15 Å². The molecule has 21 heavy (non-hydrogen) atoms. The monoisotopic (exact) mass is 347 g/mol. The second-order valence-electron chi connectivity index (χ2n) is 4.37. The van der Waals surface area contributed by atoms with Gasteiger partial charge in [-0.25, -0.2) is 9.37 Å². The Morgan fingerprint density at radius 2 is 1.95 bits per heavy atom. The maximum absolute atomic E-state index is 13.6. The summed E-state index contributed by atoms with van der Waals surface area (Å²) in [6.07, 6.45) is 1.51. The van der Waals surface area contributed by atoms with Crippen LogP contribution in [-0.4, -0.2) is 4.98 Å². The molecule has 0 radical (unpaired) electrons. The summed E-state index contributed by atoms with van der Waals surface area (Å²) >= 11 is 3.20. The molecule has 0 spiro atoms. The second-order valence-corrected chi connectivity index (χ2v) is 5.29. The van der Waals surface area contributed by atoms with Gasteiger partial charge in [0.2, 0.25) is 5.89 Å². The summed E-state index contributed by atoms with van der Waals surface area (Å²) in [6.45, 7) is 0.148. The van der Waals surface area contributed by atoms with Crippen LogP contribution in [0.15, 0.2) is 63.7 Å². The molecule has 2 aromatic carbocycles. The van der Waals surface area contributed by atoms with Crippen molar-refractivity contribution in [2.24, 2.45) is 0 Å². The molecule has 1 heterocycles. The van der Waals surface area contributed by atoms with E-state index in [1.165, 1.54) is 12.3 Å². The van der Waals surface area contributed by atoms with Crippen molar-refractivity contribution in [3.05, 3.63) is 70.8 Å². The molecule has 0 atom stereocenters. The van der Waals surface area contributed by atoms with Crippen LogP contribution in [-0.2, 0) is 6.61 Å². The highest BCUT2D eigenvalue weighted by Crippen LogP contribution is 2.23. The van der Waals surface area contributed by atoms with Crippen molar-refractivity contribution in [1.29, 1.82) is 0 Å². The molecule has 0 saturated heterocycles. The number of hydrogen-bond acceptors (Lipinski definition) is 3. The largest absolute Gasteiger partial charge is 0.484 e. The fourth-order valence-electron chi connectivity index (χ4n) is 1.83. The van der Waals surface area contributed by atoms with Crippen LogP contribution in [0.2, 0.25) is 0 Å². The molecule has 0 unspecified atom stereocenters. The van der Waals surface area contributed by atoms with Gasteiger partial charge in [0, 0.05) is 10.0 Å². The topological polar surface area (TPSA) is 35.3 Å². The molecule has 5 heteroatoms. The van der Waals surface area contributed by atoms with Crippen LogP contribution in [0.25, 0.3) is 11.5 Å². The van der Waals surface area contributed by atoms with E-state index >= 15 is 0 Å². The number of rotatable bonds is 4. The standard InChI is InChI=1S/C16H11BrFNO2/c17-12-6-7-15(14(18)8-12)20-9-13-10-21-16(19-13)11-4-2-1-3-5-11/h1-8,10H,9H2. The lowest BCUT2D eigenvalue weighted by atomic mass is 10.2. The number of nitrogens with zero attached hydrogens (tertiary/aromatic N) is 1. The van der Waals surface area contributed by atoms with E-state index in [0.29, 0.717) is 16.1 Å². The molecule has 0 N–H and O–H groups in total. The van der Waals surface area contributed by atoms with Gasteiger partial charge in [-0.2, -0.15) is 0 Å². The van der Waals surface area contributed by atoms with Crippen molar-refractivity contribution in [2.45, 2.75) is 6.61 Å². The minimum atomic E-state index is -0.420. The molecule has 106 valence electrons. The van der Waals surface area contributed by atoms with Gasteiger partial charge in [-0.1, -0.05) is 34.1 Å². The molecule has 1 aromatic heterocycles. The molecule has 0 aliphatic heterocycles. The molecule has 0 aliphatic rings. The summed E-state index contributed by atoms with van der Waals surface area (Å²) in [7, 11) is 0. The van der Waals surface area contributed by atoms with Crippen molar-refractivity contribution in [2.75, 3.05) is 0 Å². The van der Waals surface area contributed by atoms with Gasteiger partial charge in [0.25, 0.3) is 0 Å². The van der Waals surface area contributed by atoms with Crippen LogP contribution in [0.1, 0.15) is 5.69 Å². The highest BCUT2D eigenvalue weighted by Gasteiger charge is 2.09. The lowest BCUT2D eigenvalue weighted by Crippen LogP contribution is -1.97. The van der Waals surface area contributed by atoms with Gasteiger partial charge in [-0.15, -0.1) is 0 Å². The van der Waals surface area contributed by atoms with Crippen molar-refractivity contribution in [3.8, 4) is 17.2 Å². The van der Waals surface area contributed by atoms with E-state index < -0.39 is 5.82 Å². The van der Waals surface area contributed by atoms with Gasteiger partial charge in [-0.3, -0.25) is 0 Å². The second kappa shape index (κ2) is 6.10. The van der Waals surface area contributed by atoms with Crippen molar-refractivity contribution in [3.63, 3.8) is 0 Å². The number of ether oxygens (including phenoxy) is 1. The normalized spacial score (nSPS) is 10.6. The highest BCUT2D eigenvalue weighted by molar-refractivity contribution is 9.10. The molecule has 3 nitrogen and oxygen atoms in total. The number of hydrogen-bond donors (Lipinski definition) is 0. The summed E-state index contributed by atoms with van der Waals surface area (Å²) in [5, 5.41) is 0. The summed E-state index contributed by atoms with van der Waals surface area (Å²) in [5.74, 6) is 0.282. The quantitative estimate of drug-likeness (QED) is 0.678. The first kappa shape index (κ1) is 13.8. The van der Waals surface area contributed by atoms with E-state index in [1.807, 2.05) is 30.3 Å². The lowest BCUT2D eigenvalue weighted by molar-refractivity contribution is 0.285. The Morgan fingerprint density at radius 1 is 1.14 bits per heavy atom. The molecular weight excluding hydrogens is 337 g/mol. The maximum Gasteiger partial charge on any atom is 0.226 e. The molecule has 3 aromatic rings. The summed E-state index contributed by atoms with van der Waals surface area (Å²) in [5.41, 5.74) is 1.50. The van der Waals surface area contributed by atoms with Crippen molar-refractivity contribution >= 4 is 15.9 Å². The first-order valence-corrected chi connectivity index (χ1v) is 7.09. The third-order valence-electron chi connectivity index (χ3n) is 2.84. The molecule has 0 amide bonds. The maximum atomic E-state index is 13.6. The summed E-state index contributed by atoms with van der Waals surface area (Å²) < 4.78 is 25.1. The molecular formula is C16H11BrFNO2. The van der Waals surface area contributed by atoms with E-state index in [2.05, 4.69) is 20.9 Å². The Hall–Kier alpha value is -2.14.